The zero-order valence-corrected chi connectivity index (χ0v) is 19.2. The highest BCUT2D eigenvalue weighted by atomic mass is 32.2. The van der Waals surface area contributed by atoms with Gasteiger partial charge in [-0.3, -0.25) is 9.59 Å². The number of amides is 2. The summed E-state index contributed by atoms with van der Waals surface area (Å²) in [6.07, 6.45) is 2.02. The summed E-state index contributed by atoms with van der Waals surface area (Å²) in [4.78, 5) is 26.7. The van der Waals surface area contributed by atoms with E-state index >= 15 is 0 Å². The van der Waals surface area contributed by atoms with Gasteiger partial charge in [0.25, 0.3) is 11.8 Å². The molecule has 0 spiro atoms. The van der Waals surface area contributed by atoms with Gasteiger partial charge in [0, 0.05) is 17.2 Å². The second kappa shape index (κ2) is 7.96. The first-order valence-electron chi connectivity index (χ1n) is 10.8. The number of anilines is 1. The van der Waals surface area contributed by atoms with Gasteiger partial charge in [0.15, 0.2) is 0 Å². The van der Waals surface area contributed by atoms with Crippen LogP contribution in [0, 0.1) is 6.92 Å². The second-order valence-electron chi connectivity index (χ2n) is 8.74. The number of sulfonamides is 1. The third kappa shape index (κ3) is 4.04. The molecule has 4 N–H and O–H groups in total. The van der Waals surface area contributed by atoms with Crippen molar-refractivity contribution in [3.05, 3.63) is 76.9 Å². The molecule has 2 aliphatic rings. The van der Waals surface area contributed by atoms with Gasteiger partial charge < -0.3 is 15.3 Å². The normalized spacial score (nSPS) is 15.4. The molecule has 5 rings (SSSR count). The van der Waals surface area contributed by atoms with Gasteiger partial charge in [0.1, 0.15) is 5.75 Å². The van der Waals surface area contributed by atoms with E-state index in [4.69, 9.17) is 5.14 Å². The summed E-state index contributed by atoms with van der Waals surface area (Å²) >= 11 is 0. The van der Waals surface area contributed by atoms with Crippen molar-refractivity contribution in [2.24, 2.45) is 5.14 Å². The Balaban J connectivity index is 1.48. The Morgan fingerprint density at radius 2 is 1.82 bits per heavy atom. The van der Waals surface area contributed by atoms with Crippen LogP contribution in [0.25, 0.3) is 11.1 Å². The maximum Gasteiger partial charge on any atom is 0.259 e. The Kier molecular flexibility index (Phi) is 5.18. The molecule has 0 aromatic heterocycles. The lowest BCUT2D eigenvalue weighted by atomic mass is 9.95. The number of aromatic hydroxyl groups is 1. The fraction of sp³-hybridized carbons (Fsp3) is 0.200. The number of phenolic OH excluding ortho intramolecular Hbond substituents is 1. The van der Waals surface area contributed by atoms with Crippen LogP contribution in [0.1, 0.15) is 44.7 Å². The molecule has 1 heterocycles. The number of carbonyl (C=O) groups is 2. The van der Waals surface area contributed by atoms with E-state index < -0.39 is 10.0 Å². The van der Waals surface area contributed by atoms with Gasteiger partial charge in [-0.15, -0.1) is 0 Å². The average molecular weight is 478 g/mol. The van der Waals surface area contributed by atoms with Gasteiger partial charge in [0.2, 0.25) is 10.0 Å². The molecule has 0 saturated heterocycles. The zero-order valence-electron chi connectivity index (χ0n) is 18.4. The van der Waals surface area contributed by atoms with E-state index in [2.05, 4.69) is 5.32 Å². The number of hydrogen-bond acceptors (Lipinski definition) is 5. The minimum absolute atomic E-state index is 0.0733. The molecule has 2 amide bonds. The Morgan fingerprint density at radius 3 is 2.53 bits per heavy atom. The number of aryl methyl sites for hydroxylation is 1. The summed E-state index contributed by atoms with van der Waals surface area (Å²) < 4.78 is 23.5. The van der Waals surface area contributed by atoms with E-state index in [0.29, 0.717) is 11.1 Å². The molecular formula is C25H23N3O5S. The molecule has 1 fully saturated rings. The average Bonchev–Trinajstić information content (AvgIpc) is 3.55. The predicted octanol–water partition coefficient (Wildman–Crippen LogP) is 3.07. The maximum atomic E-state index is 13.1. The monoisotopic (exact) mass is 477 g/mol. The summed E-state index contributed by atoms with van der Waals surface area (Å²) in [5.41, 5.74) is 4.58. The lowest BCUT2D eigenvalue weighted by Crippen LogP contribution is -2.25. The molecule has 9 heteroatoms. The Bertz CT molecular complexity index is 1460. The Morgan fingerprint density at radius 1 is 1.06 bits per heavy atom. The van der Waals surface area contributed by atoms with Crippen LogP contribution in [-0.4, -0.2) is 31.4 Å². The largest absolute Gasteiger partial charge is 0.506 e. The Hall–Kier alpha value is -3.69. The van der Waals surface area contributed by atoms with E-state index in [0.717, 1.165) is 35.1 Å². The quantitative estimate of drug-likeness (QED) is 0.520. The zero-order chi connectivity index (χ0) is 24.2. The molecule has 0 unspecified atom stereocenters. The molecule has 0 bridgehead atoms. The van der Waals surface area contributed by atoms with Gasteiger partial charge >= 0.3 is 0 Å². The highest BCUT2D eigenvalue weighted by molar-refractivity contribution is 7.89. The first-order chi connectivity index (χ1) is 16.1. The molecule has 0 radical (unpaired) electrons. The molecule has 34 heavy (non-hydrogen) atoms. The van der Waals surface area contributed by atoms with Crippen LogP contribution in [0.15, 0.2) is 59.5 Å². The number of hydrogen-bond donors (Lipinski definition) is 3. The summed E-state index contributed by atoms with van der Waals surface area (Å²) in [6.45, 7) is 2.12. The third-order valence-electron chi connectivity index (χ3n) is 6.20. The van der Waals surface area contributed by atoms with Gasteiger partial charge in [-0.2, -0.15) is 0 Å². The topological polar surface area (TPSA) is 130 Å². The van der Waals surface area contributed by atoms with E-state index in [1.807, 2.05) is 31.2 Å². The number of rotatable bonds is 5. The number of carbonyl (C=O) groups excluding carboxylic acids is 2. The van der Waals surface area contributed by atoms with Crippen molar-refractivity contribution >= 4 is 27.5 Å². The van der Waals surface area contributed by atoms with E-state index in [9.17, 15) is 23.1 Å². The number of nitrogens with one attached hydrogen (secondary N) is 1. The molecule has 8 nitrogen and oxygen atoms in total. The maximum absolute atomic E-state index is 13.1. The van der Waals surface area contributed by atoms with Crippen LogP contribution < -0.4 is 15.4 Å². The fourth-order valence-corrected chi connectivity index (χ4v) is 4.68. The van der Waals surface area contributed by atoms with Crippen LogP contribution in [0.3, 0.4) is 0 Å². The lowest BCUT2D eigenvalue weighted by Gasteiger charge is -2.18. The summed E-state index contributed by atoms with van der Waals surface area (Å²) in [5, 5.41) is 18.5. The van der Waals surface area contributed by atoms with Crippen molar-refractivity contribution < 1.29 is 23.1 Å². The second-order valence-corrected chi connectivity index (χ2v) is 10.3. The Labute approximate surface area is 197 Å². The van der Waals surface area contributed by atoms with Crippen LogP contribution >= 0.6 is 0 Å². The molecule has 3 aromatic rings. The van der Waals surface area contributed by atoms with Crippen LogP contribution in [0.2, 0.25) is 0 Å². The molecule has 0 atom stereocenters. The minimum Gasteiger partial charge on any atom is -0.506 e. The van der Waals surface area contributed by atoms with Crippen LogP contribution in [0.4, 0.5) is 5.69 Å². The number of nitrogens with two attached hydrogens (primary N) is 1. The minimum atomic E-state index is -4.00. The van der Waals surface area contributed by atoms with E-state index in [1.54, 1.807) is 12.1 Å². The van der Waals surface area contributed by atoms with Crippen molar-refractivity contribution in [1.82, 2.24) is 5.32 Å². The number of phenols is 1. The highest BCUT2D eigenvalue weighted by Gasteiger charge is 2.31. The third-order valence-corrected chi connectivity index (χ3v) is 7.11. The van der Waals surface area contributed by atoms with Crippen molar-refractivity contribution in [1.29, 1.82) is 0 Å². The smallest absolute Gasteiger partial charge is 0.259 e. The molecular weight excluding hydrogens is 454 g/mol. The predicted molar refractivity (Wildman–Crippen MR) is 127 cm³/mol. The number of fused-ring (bicyclic) bond motifs is 1. The van der Waals surface area contributed by atoms with Crippen LogP contribution in [0.5, 0.6) is 5.75 Å². The van der Waals surface area contributed by atoms with Gasteiger partial charge in [-0.1, -0.05) is 12.1 Å². The number of benzene rings is 3. The first-order valence-corrected chi connectivity index (χ1v) is 12.4. The number of primary sulfonamides is 1. The molecule has 174 valence electrons. The SMILES string of the molecule is Cc1ccc(C(=O)NC2CC2)cc1-c1ccc2c(c1)CN(c1cc(S(N)(=O)=O)ccc1O)C2=O. The van der Waals surface area contributed by atoms with Crippen LogP contribution in [-0.2, 0) is 16.6 Å². The highest BCUT2D eigenvalue weighted by Crippen LogP contribution is 2.37. The van der Waals surface area contributed by atoms with Gasteiger partial charge in [-0.25, -0.2) is 13.6 Å². The lowest BCUT2D eigenvalue weighted by molar-refractivity contribution is 0.0949. The van der Waals surface area contributed by atoms with Gasteiger partial charge in [-0.05, 0) is 84.5 Å². The summed E-state index contributed by atoms with van der Waals surface area (Å²) in [5.74, 6) is -0.673. The first kappa shape index (κ1) is 22.1. The van der Waals surface area contributed by atoms with E-state index in [1.165, 1.54) is 23.1 Å². The van der Waals surface area contributed by atoms with Crippen molar-refractivity contribution in [2.75, 3.05) is 4.90 Å². The molecule has 1 aliphatic heterocycles. The van der Waals surface area contributed by atoms with Crippen molar-refractivity contribution in [3.63, 3.8) is 0 Å². The van der Waals surface area contributed by atoms with Gasteiger partial charge in [0.05, 0.1) is 17.1 Å². The molecule has 1 aliphatic carbocycles. The fourth-order valence-electron chi connectivity index (χ4n) is 4.15. The summed E-state index contributed by atoms with van der Waals surface area (Å²) in [6, 6.07) is 14.8. The number of nitrogens with zero attached hydrogens (tertiary/aromatic N) is 1. The molecule has 1 saturated carbocycles. The summed E-state index contributed by atoms with van der Waals surface area (Å²) in [7, 11) is -4.00. The standard InChI is InChI=1S/C25H23N3O5S/c1-14-2-3-16(24(30)27-18-5-6-18)11-21(14)15-4-8-20-17(10-15)13-28(25(20)31)22-12-19(34(26,32)33)7-9-23(22)29/h2-4,7-12,18,29H,5-6,13H2,1H3,(H,27,30)(H2,26,32,33). The van der Waals surface area contributed by atoms with Crippen molar-refractivity contribution in [3.8, 4) is 16.9 Å². The van der Waals surface area contributed by atoms with Crippen molar-refractivity contribution in [2.45, 2.75) is 37.2 Å². The molecule has 3 aromatic carbocycles. The van der Waals surface area contributed by atoms with E-state index in [-0.39, 0.29) is 40.7 Å².